The van der Waals surface area contributed by atoms with Gasteiger partial charge in [0.1, 0.15) is 0 Å². The molecule has 1 aliphatic rings. The molecule has 1 heterocycles. The van der Waals surface area contributed by atoms with Crippen LogP contribution in [0.25, 0.3) is 0 Å². The van der Waals surface area contributed by atoms with E-state index in [1.165, 1.54) is 5.48 Å². The zero-order chi connectivity index (χ0) is 8.27. The largest absolute Gasteiger partial charge is 0.289 e. The molecule has 0 aromatic rings. The SMILES string of the molecule is O=C(NO)C1CCCN(F)C1. The summed E-state index contributed by atoms with van der Waals surface area (Å²) in [5.74, 6) is -0.897. The number of hydrogen-bond acceptors (Lipinski definition) is 3. The van der Waals surface area contributed by atoms with E-state index in [1.807, 2.05) is 0 Å². The first kappa shape index (κ1) is 8.42. The maximum absolute atomic E-state index is 12.5. The van der Waals surface area contributed by atoms with Crippen molar-refractivity contribution in [1.29, 1.82) is 0 Å². The van der Waals surface area contributed by atoms with Crippen molar-refractivity contribution >= 4 is 5.91 Å². The molecule has 0 spiro atoms. The molecule has 0 aliphatic carbocycles. The van der Waals surface area contributed by atoms with Crippen LogP contribution in [0.5, 0.6) is 0 Å². The summed E-state index contributed by atoms with van der Waals surface area (Å²) in [5, 5.41) is 8.83. The molecule has 11 heavy (non-hydrogen) atoms. The van der Waals surface area contributed by atoms with Gasteiger partial charge in [0.2, 0.25) is 5.91 Å². The number of carbonyl (C=O) groups excluding carboxylic acids is 1. The van der Waals surface area contributed by atoms with Gasteiger partial charge in [-0.3, -0.25) is 10.0 Å². The second-order valence-corrected chi connectivity index (χ2v) is 2.68. The van der Waals surface area contributed by atoms with Crippen molar-refractivity contribution in [2.45, 2.75) is 12.8 Å². The van der Waals surface area contributed by atoms with E-state index in [-0.39, 0.29) is 6.54 Å². The maximum Gasteiger partial charge on any atom is 0.247 e. The number of nitrogens with zero attached hydrogens (tertiary/aromatic N) is 1. The van der Waals surface area contributed by atoms with Crippen molar-refractivity contribution in [3.8, 4) is 0 Å². The van der Waals surface area contributed by atoms with Gasteiger partial charge in [-0.1, -0.05) is 0 Å². The quantitative estimate of drug-likeness (QED) is 0.326. The maximum atomic E-state index is 12.5. The molecule has 2 N–H and O–H groups in total. The second-order valence-electron chi connectivity index (χ2n) is 2.68. The lowest BCUT2D eigenvalue weighted by atomic mass is 9.99. The Morgan fingerprint density at radius 1 is 1.73 bits per heavy atom. The predicted octanol–water partition coefficient (Wildman–Crippen LogP) is 0.0883. The van der Waals surface area contributed by atoms with E-state index in [9.17, 15) is 9.28 Å². The standard InChI is InChI=1S/C6H11FN2O2/c7-9-3-1-2-5(4-9)6(10)8-11/h5,11H,1-4H2,(H,8,10). The molecule has 1 amide bonds. The third-order valence-electron chi connectivity index (χ3n) is 1.85. The van der Waals surface area contributed by atoms with Crippen LogP contribution in [0, 0.1) is 5.92 Å². The lowest BCUT2D eigenvalue weighted by molar-refractivity contribution is -0.138. The lowest BCUT2D eigenvalue weighted by Crippen LogP contribution is -2.38. The zero-order valence-electron chi connectivity index (χ0n) is 6.09. The van der Waals surface area contributed by atoms with Crippen molar-refractivity contribution in [2.24, 2.45) is 5.92 Å². The first-order chi connectivity index (χ1) is 5.24. The molecule has 1 unspecified atom stereocenters. The first-order valence-corrected chi connectivity index (χ1v) is 3.58. The number of halogens is 1. The molecule has 0 bridgehead atoms. The number of piperidine rings is 1. The lowest BCUT2D eigenvalue weighted by Gasteiger charge is -2.24. The molecule has 0 aromatic carbocycles. The molecule has 0 saturated carbocycles. The van der Waals surface area contributed by atoms with Gasteiger partial charge in [0, 0.05) is 13.1 Å². The molecular formula is C6H11FN2O2. The Hall–Kier alpha value is -0.680. The number of carbonyl (C=O) groups is 1. The fourth-order valence-electron chi connectivity index (χ4n) is 1.24. The molecule has 1 saturated heterocycles. The third-order valence-corrected chi connectivity index (χ3v) is 1.85. The summed E-state index contributed by atoms with van der Waals surface area (Å²) in [6, 6.07) is 0. The molecule has 0 aromatic heterocycles. The molecule has 1 aliphatic heterocycles. The van der Waals surface area contributed by atoms with Crippen LogP contribution in [0.1, 0.15) is 12.8 Å². The number of nitrogens with one attached hydrogen (secondary N) is 1. The summed E-state index contributed by atoms with van der Waals surface area (Å²) < 4.78 is 12.5. The topological polar surface area (TPSA) is 52.6 Å². The number of hydroxylamine groups is 1. The van der Waals surface area contributed by atoms with Crippen molar-refractivity contribution in [3.05, 3.63) is 0 Å². The predicted molar refractivity (Wildman–Crippen MR) is 35.3 cm³/mol. The van der Waals surface area contributed by atoms with E-state index in [1.54, 1.807) is 0 Å². The van der Waals surface area contributed by atoms with Crippen molar-refractivity contribution in [3.63, 3.8) is 0 Å². The van der Waals surface area contributed by atoms with E-state index in [0.717, 1.165) is 0 Å². The number of rotatable bonds is 1. The van der Waals surface area contributed by atoms with Crippen LogP contribution in [-0.2, 0) is 4.79 Å². The number of amides is 1. The summed E-state index contributed by atoms with van der Waals surface area (Å²) in [7, 11) is 0. The van der Waals surface area contributed by atoms with Gasteiger partial charge in [-0.15, -0.1) is 9.60 Å². The Morgan fingerprint density at radius 2 is 2.45 bits per heavy atom. The summed E-state index contributed by atoms with van der Waals surface area (Å²) in [5.41, 5.74) is 1.52. The third kappa shape index (κ3) is 2.13. The Bertz CT molecular complexity index is 154. The Morgan fingerprint density at radius 3 is 3.00 bits per heavy atom. The highest BCUT2D eigenvalue weighted by atomic mass is 19.2. The summed E-state index contributed by atoms with van der Waals surface area (Å²) in [6.45, 7) is 0.474. The van der Waals surface area contributed by atoms with E-state index in [0.29, 0.717) is 24.5 Å². The van der Waals surface area contributed by atoms with Gasteiger partial charge in [0.05, 0.1) is 5.92 Å². The highest BCUT2D eigenvalue weighted by Gasteiger charge is 2.25. The average Bonchev–Trinajstić information content (AvgIpc) is 2.03. The van der Waals surface area contributed by atoms with Crippen LogP contribution in [0.2, 0.25) is 0 Å². The monoisotopic (exact) mass is 162 g/mol. The van der Waals surface area contributed by atoms with Crippen molar-refractivity contribution in [2.75, 3.05) is 13.1 Å². The van der Waals surface area contributed by atoms with Gasteiger partial charge in [-0.05, 0) is 12.8 Å². The van der Waals surface area contributed by atoms with Crippen LogP contribution in [0.3, 0.4) is 0 Å². The molecule has 1 atom stereocenters. The average molecular weight is 162 g/mol. The van der Waals surface area contributed by atoms with Gasteiger partial charge < -0.3 is 0 Å². The van der Waals surface area contributed by atoms with Crippen molar-refractivity contribution in [1.82, 2.24) is 10.6 Å². The fourth-order valence-corrected chi connectivity index (χ4v) is 1.24. The molecular weight excluding hydrogens is 151 g/mol. The van der Waals surface area contributed by atoms with Gasteiger partial charge in [-0.2, -0.15) is 0 Å². The van der Waals surface area contributed by atoms with Crippen LogP contribution in [0.4, 0.5) is 4.48 Å². The van der Waals surface area contributed by atoms with Gasteiger partial charge in [0.25, 0.3) is 0 Å². The second kappa shape index (κ2) is 3.64. The Labute approximate surface area is 63.9 Å². The van der Waals surface area contributed by atoms with Crippen LogP contribution in [-0.4, -0.2) is 29.3 Å². The normalized spacial score (nSPS) is 26.5. The number of hydrogen-bond donors (Lipinski definition) is 2. The van der Waals surface area contributed by atoms with Crippen LogP contribution < -0.4 is 5.48 Å². The Kier molecular flexibility index (Phi) is 2.78. The minimum Gasteiger partial charge on any atom is -0.289 e. The minimum absolute atomic E-state index is 0.0897. The molecule has 4 nitrogen and oxygen atoms in total. The molecule has 5 heteroatoms. The first-order valence-electron chi connectivity index (χ1n) is 3.58. The van der Waals surface area contributed by atoms with Crippen molar-refractivity contribution < 1.29 is 14.5 Å². The van der Waals surface area contributed by atoms with Crippen LogP contribution >= 0.6 is 0 Å². The summed E-state index contributed by atoms with van der Waals surface area (Å²) >= 11 is 0. The van der Waals surface area contributed by atoms with Gasteiger partial charge in [-0.25, -0.2) is 5.48 Å². The van der Waals surface area contributed by atoms with Gasteiger partial charge in [0.15, 0.2) is 0 Å². The summed E-state index contributed by atoms with van der Waals surface area (Å²) in [4.78, 5) is 10.8. The minimum atomic E-state index is -0.493. The smallest absolute Gasteiger partial charge is 0.247 e. The van der Waals surface area contributed by atoms with Crippen LogP contribution in [0.15, 0.2) is 0 Å². The molecule has 1 fully saturated rings. The van der Waals surface area contributed by atoms with E-state index in [2.05, 4.69) is 0 Å². The highest BCUT2D eigenvalue weighted by Crippen LogP contribution is 2.16. The Balaban J connectivity index is 2.39. The molecule has 0 radical (unpaired) electrons. The highest BCUT2D eigenvalue weighted by molar-refractivity contribution is 5.77. The fraction of sp³-hybridized carbons (Fsp3) is 0.833. The molecule has 64 valence electrons. The summed E-state index contributed by atoms with van der Waals surface area (Å²) in [6.07, 6.45) is 1.31. The van der Waals surface area contributed by atoms with E-state index in [4.69, 9.17) is 5.21 Å². The zero-order valence-corrected chi connectivity index (χ0v) is 6.09. The van der Waals surface area contributed by atoms with E-state index >= 15 is 0 Å². The van der Waals surface area contributed by atoms with Gasteiger partial charge >= 0.3 is 0 Å². The molecule has 1 rings (SSSR count). The van der Waals surface area contributed by atoms with E-state index < -0.39 is 11.8 Å².